The molecule has 0 radical (unpaired) electrons. The molecule has 6 heteroatoms. The second-order valence-electron chi connectivity index (χ2n) is 3.70. The number of H-pyrrole nitrogens is 1. The van der Waals surface area contributed by atoms with Crippen LogP contribution in [0.2, 0.25) is 0 Å². The lowest BCUT2D eigenvalue weighted by molar-refractivity contribution is 0.0603. The van der Waals surface area contributed by atoms with Crippen LogP contribution in [0.3, 0.4) is 0 Å². The number of rotatable bonds is 1. The van der Waals surface area contributed by atoms with Gasteiger partial charge in [-0.05, 0) is 6.07 Å². The van der Waals surface area contributed by atoms with Gasteiger partial charge in [0, 0.05) is 5.39 Å². The number of aromatic nitrogens is 2. The fourth-order valence-corrected chi connectivity index (χ4v) is 2.75. The minimum absolute atomic E-state index is 0.296. The molecule has 0 unspecified atom stereocenters. The number of ether oxygens (including phenoxy) is 1. The normalized spacial score (nSPS) is 10.9. The van der Waals surface area contributed by atoms with Gasteiger partial charge in [-0.1, -0.05) is 12.1 Å². The summed E-state index contributed by atoms with van der Waals surface area (Å²) in [7, 11) is 1.31. The summed E-state index contributed by atoms with van der Waals surface area (Å²) in [6, 6.07) is 5.22. The van der Waals surface area contributed by atoms with Crippen LogP contribution in [0.4, 0.5) is 0 Å². The van der Waals surface area contributed by atoms with Crippen LogP contribution < -0.4 is 5.56 Å². The lowest BCUT2D eigenvalue weighted by Gasteiger charge is -2.04. The molecule has 0 atom stereocenters. The van der Waals surface area contributed by atoms with Crippen molar-refractivity contribution in [1.29, 1.82) is 0 Å². The van der Waals surface area contributed by atoms with Crippen LogP contribution in [-0.2, 0) is 4.74 Å². The number of benzene rings is 1. The van der Waals surface area contributed by atoms with E-state index < -0.39 is 5.97 Å². The van der Waals surface area contributed by atoms with Crippen LogP contribution in [0, 0.1) is 0 Å². The standard InChI is InChI=1S/C12H8N2O3S/c1-17-12(16)7-4-2-3-6-8(7)14-11(15)9-10(6)18-5-13-9/h2-5H,1H3,(H,14,15). The number of methoxy groups -OCH3 is 1. The predicted molar refractivity (Wildman–Crippen MR) is 69.1 cm³/mol. The first kappa shape index (κ1) is 10.9. The van der Waals surface area contributed by atoms with Crippen molar-refractivity contribution in [3.63, 3.8) is 0 Å². The molecule has 3 rings (SSSR count). The number of nitrogens with zero attached hydrogens (tertiary/aromatic N) is 1. The number of hydrogen-bond acceptors (Lipinski definition) is 5. The third kappa shape index (κ3) is 1.42. The molecule has 90 valence electrons. The van der Waals surface area contributed by atoms with Crippen molar-refractivity contribution >= 4 is 38.4 Å². The Morgan fingerprint density at radius 2 is 2.28 bits per heavy atom. The molecule has 0 amide bonds. The number of pyridine rings is 1. The highest BCUT2D eigenvalue weighted by Crippen LogP contribution is 2.26. The van der Waals surface area contributed by atoms with Crippen LogP contribution >= 0.6 is 11.3 Å². The quantitative estimate of drug-likeness (QED) is 0.678. The van der Waals surface area contributed by atoms with Crippen LogP contribution in [0.1, 0.15) is 10.4 Å². The van der Waals surface area contributed by atoms with Crippen LogP contribution in [0.25, 0.3) is 21.1 Å². The molecule has 1 aromatic carbocycles. The molecular formula is C12H8N2O3S. The zero-order valence-corrected chi connectivity index (χ0v) is 10.2. The topological polar surface area (TPSA) is 72.1 Å². The van der Waals surface area contributed by atoms with E-state index in [-0.39, 0.29) is 5.56 Å². The summed E-state index contributed by atoms with van der Waals surface area (Å²) in [4.78, 5) is 30.2. The van der Waals surface area contributed by atoms with Gasteiger partial charge in [0.05, 0.1) is 28.4 Å². The second kappa shape index (κ2) is 3.92. The van der Waals surface area contributed by atoms with Crippen molar-refractivity contribution in [1.82, 2.24) is 9.97 Å². The Bertz CT molecular complexity index is 819. The molecule has 2 aromatic heterocycles. The van der Waals surface area contributed by atoms with E-state index in [9.17, 15) is 9.59 Å². The van der Waals surface area contributed by atoms with Crippen LogP contribution in [-0.4, -0.2) is 23.0 Å². The first-order valence-corrected chi connectivity index (χ1v) is 6.07. The monoisotopic (exact) mass is 260 g/mol. The number of esters is 1. The van der Waals surface area contributed by atoms with Gasteiger partial charge >= 0.3 is 5.97 Å². The highest BCUT2D eigenvalue weighted by atomic mass is 32.1. The lowest BCUT2D eigenvalue weighted by Crippen LogP contribution is -2.10. The zero-order chi connectivity index (χ0) is 12.7. The Morgan fingerprint density at radius 1 is 1.44 bits per heavy atom. The maximum Gasteiger partial charge on any atom is 0.339 e. The lowest BCUT2D eigenvalue weighted by atomic mass is 10.1. The summed E-state index contributed by atoms with van der Waals surface area (Å²) in [5.74, 6) is -0.472. The molecule has 1 N–H and O–H groups in total. The Kier molecular flexibility index (Phi) is 2.38. The van der Waals surface area contributed by atoms with E-state index >= 15 is 0 Å². The van der Waals surface area contributed by atoms with Gasteiger partial charge in [-0.25, -0.2) is 9.78 Å². The van der Waals surface area contributed by atoms with Crippen LogP contribution in [0.5, 0.6) is 0 Å². The Labute approximate surface area is 105 Å². The van der Waals surface area contributed by atoms with Crippen LogP contribution in [0.15, 0.2) is 28.5 Å². The largest absolute Gasteiger partial charge is 0.465 e. The van der Waals surface area contributed by atoms with Gasteiger partial charge in [0.15, 0.2) is 0 Å². The molecule has 5 nitrogen and oxygen atoms in total. The molecule has 18 heavy (non-hydrogen) atoms. The minimum Gasteiger partial charge on any atom is -0.465 e. The highest BCUT2D eigenvalue weighted by Gasteiger charge is 2.14. The van der Waals surface area contributed by atoms with Gasteiger partial charge in [0.2, 0.25) is 0 Å². The van der Waals surface area contributed by atoms with E-state index in [1.807, 2.05) is 6.07 Å². The highest BCUT2D eigenvalue weighted by molar-refractivity contribution is 7.17. The Balaban J connectivity index is 2.52. The Hall–Kier alpha value is -2.21. The SMILES string of the molecule is COC(=O)c1cccc2c1[nH]c(=O)c1ncsc12. The molecule has 0 saturated heterocycles. The fourth-order valence-electron chi connectivity index (χ4n) is 1.93. The molecule has 0 fully saturated rings. The summed E-state index contributed by atoms with van der Waals surface area (Å²) in [5.41, 5.74) is 2.56. The number of nitrogens with one attached hydrogen (secondary N) is 1. The van der Waals surface area contributed by atoms with E-state index in [0.717, 1.165) is 10.1 Å². The van der Waals surface area contributed by atoms with Gasteiger partial charge in [-0.3, -0.25) is 4.79 Å². The molecule has 0 aliphatic heterocycles. The molecular weight excluding hydrogens is 252 g/mol. The second-order valence-corrected chi connectivity index (χ2v) is 4.56. The third-order valence-electron chi connectivity index (χ3n) is 2.74. The van der Waals surface area contributed by atoms with Gasteiger partial charge in [-0.2, -0.15) is 0 Å². The average molecular weight is 260 g/mol. The maximum atomic E-state index is 11.9. The summed E-state index contributed by atoms with van der Waals surface area (Å²) >= 11 is 1.38. The number of carbonyl (C=O) groups is 1. The molecule has 0 aliphatic rings. The van der Waals surface area contributed by atoms with E-state index in [4.69, 9.17) is 4.74 Å². The average Bonchev–Trinajstić information content (AvgIpc) is 2.87. The summed E-state index contributed by atoms with van der Waals surface area (Å²) in [5, 5.41) is 0.801. The van der Waals surface area contributed by atoms with Crippen molar-refractivity contribution in [2.45, 2.75) is 0 Å². The van der Waals surface area contributed by atoms with E-state index in [1.165, 1.54) is 18.4 Å². The van der Waals surface area contributed by atoms with Gasteiger partial charge in [-0.15, -0.1) is 11.3 Å². The summed E-state index contributed by atoms with van der Waals surface area (Å²) in [6.07, 6.45) is 0. The number of thiazole rings is 1. The minimum atomic E-state index is -0.472. The molecule has 0 aliphatic carbocycles. The number of para-hydroxylation sites is 1. The first-order valence-electron chi connectivity index (χ1n) is 5.19. The van der Waals surface area contributed by atoms with Crippen molar-refractivity contribution < 1.29 is 9.53 Å². The van der Waals surface area contributed by atoms with Gasteiger partial charge in [0.25, 0.3) is 5.56 Å². The predicted octanol–water partition coefficient (Wildman–Crippen LogP) is 1.92. The maximum absolute atomic E-state index is 11.9. The van der Waals surface area contributed by atoms with E-state index in [0.29, 0.717) is 16.6 Å². The van der Waals surface area contributed by atoms with Crippen molar-refractivity contribution in [2.75, 3.05) is 7.11 Å². The molecule has 0 spiro atoms. The number of hydrogen-bond donors (Lipinski definition) is 1. The number of carbonyl (C=O) groups excluding carboxylic acids is 1. The Morgan fingerprint density at radius 3 is 3.06 bits per heavy atom. The zero-order valence-electron chi connectivity index (χ0n) is 9.39. The summed E-state index contributed by atoms with van der Waals surface area (Å²) < 4.78 is 5.48. The first-order chi connectivity index (χ1) is 8.72. The molecule has 3 aromatic rings. The van der Waals surface area contributed by atoms with E-state index in [2.05, 4.69) is 9.97 Å². The van der Waals surface area contributed by atoms with Gasteiger partial charge in [0.1, 0.15) is 5.52 Å². The van der Waals surface area contributed by atoms with Crippen molar-refractivity contribution in [2.24, 2.45) is 0 Å². The fraction of sp³-hybridized carbons (Fsp3) is 0.0833. The third-order valence-corrected chi connectivity index (χ3v) is 3.60. The molecule has 2 heterocycles. The molecule has 0 saturated carbocycles. The number of fused-ring (bicyclic) bond motifs is 3. The smallest absolute Gasteiger partial charge is 0.339 e. The van der Waals surface area contributed by atoms with Gasteiger partial charge < -0.3 is 9.72 Å². The molecule has 0 bridgehead atoms. The summed E-state index contributed by atoms with van der Waals surface area (Å²) in [6.45, 7) is 0. The van der Waals surface area contributed by atoms with Crippen molar-refractivity contribution in [3.05, 3.63) is 39.6 Å². The number of aromatic amines is 1. The van der Waals surface area contributed by atoms with E-state index in [1.54, 1.807) is 17.6 Å². The van der Waals surface area contributed by atoms with Crippen molar-refractivity contribution in [3.8, 4) is 0 Å².